The number of aliphatic hydroxyl groups is 1. The fourth-order valence-corrected chi connectivity index (χ4v) is 1.22. The van der Waals surface area contributed by atoms with E-state index in [4.69, 9.17) is 5.11 Å². The van der Waals surface area contributed by atoms with Gasteiger partial charge in [-0.25, -0.2) is 0 Å². The monoisotopic (exact) mass is 143 g/mol. The first-order chi connectivity index (χ1) is 4.83. The van der Waals surface area contributed by atoms with Crippen LogP contribution in [0.3, 0.4) is 0 Å². The molecule has 0 spiro atoms. The highest BCUT2D eigenvalue weighted by Crippen LogP contribution is 2.05. The summed E-state index contributed by atoms with van der Waals surface area (Å²) in [5, 5.41) is 11.7. The van der Waals surface area contributed by atoms with Crippen molar-refractivity contribution in [1.82, 2.24) is 5.32 Å². The summed E-state index contributed by atoms with van der Waals surface area (Å²) in [5.41, 5.74) is 0. The number of nitrogens with one attached hydrogen (secondary N) is 1. The van der Waals surface area contributed by atoms with E-state index >= 15 is 0 Å². The Balaban J connectivity index is 2.25. The second-order valence-corrected chi connectivity index (χ2v) is 2.66. The van der Waals surface area contributed by atoms with Crippen LogP contribution in [0.4, 0.5) is 0 Å². The van der Waals surface area contributed by atoms with Crippen molar-refractivity contribution < 1.29 is 9.90 Å². The maximum absolute atomic E-state index is 10.8. The average molecular weight is 143 g/mol. The van der Waals surface area contributed by atoms with E-state index in [1.54, 1.807) is 0 Å². The number of aliphatic hydroxyl groups excluding tert-OH is 1. The summed E-state index contributed by atoms with van der Waals surface area (Å²) in [4.78, 5) is 10.8. The first-order valence-electron chi connectivity index (χ1n) is 3.69. The summed E-state index contributed by atoms with van der Waals surface area (Å²) in [7, 11) is 0. The third kappa shape index (κ3) is 2.08. The van der Waals surface area contributed by atoms with Crippen LogP contribution in [0, 0.1) is 0 Å². The summed E-state index contributed by atoms with van der Waals surface area (Å²) in [5.74, 6) is 0.317. The lowest BCUT2D eigenvalue weighted by molar-refractivity contribution is -0.120. The van der Waals surface area contributed by atoms with Crippen molar-refractivity contribution in [2.75, 3.05) is 13.2 Å². The molecule has 1 atom stereocenters. The molecule has 0 aromatic carbocycles. The lowest BCUT2D eigenvalue weighted by Gasteiger charge is -2.21. The lowest BCUT2D eigenvalue weighted by Crippen LogP contribution is -2.38. The van der Waals surface area contributed by atoms with E-state index in [1.807, 2.05) is 0 Å². The van der Waals surface area contributed by atoms with Crippen LogP contribution in [-0.2, 0) is 4.79 Å². The molecular weight excluding hydrogens is 130 g/mol. The number of hydrogen-bond donors (Lipinski definition) is 2. The lowest BCUT2D eigenvalue weighted by atomic mass is 10.0. The van der Waals surface area contributed by atoms with Crippen LogP contribution in [0.25, 0.3) is 0 Å². The number of Topliss-reactive ketones (excluding diaryl/α,β-unsaturated/α-hetero) is 1. The predicted octanol–water partition coefficient (Wildman–Crippen LogP) is -0.310. The van der Waals surface area contributed by atoms with Crippen molar-refractivity contribution in [1.29, 1.82) is 0 Å². The van der Waals surface area contributed by atoms with Gasteiger partial charge in [0.1, 0.15) is 5.78 Å². The number of carbonyl (C=O) groups is 1. The second-order valence-electron chi connectivity index (χ2n) is 2.66. The van der Waals surface area contributed by atoms with Gasteiger partial charge >= 0.3 is 0 Å². The summed E-state index contributed by atoms with van der Waals surface area (Å²) in [6.45, 7) is 0.953. The topological polar surface area (TPSA) is 49.3 Å². The zero-order valence-electron chi connectivity index (χ0n) is 5.97. The second kappa shape index (κ2) is 3.68. The van der Waals surface area contributed by atoms with Crippen molar-refractivity contribution in [2.24, 2.45) is 0 Å². The average Bonchev–Trinajstić information content (AvgIpc) is 1.88. The van der Waals surface area contributed by atoms with E-state index in [0.29, 0.717) is 25.0 Å². The highest BCUT2D eigenvalue weighted by molar-refractivity contribution is 5.79. The molecule has 3 heteroatoms. The Morgan fingerprint density at radius 1 is 1.70 bits per heavy atom. The van der Waals surface area contributed by atoms with Crippen molar-refractivity contribution in [3.05, 3.63) is 0 Å². The van der Waals surface area contributed by atoms with E-state index in [9.17, 15) is 4.79 Å². The molecular formula is C7H13NO2. The molecule has 0 saturated carbocycles. The Morgan fingerprint density at radius 2 is 2.50 bits per heavy atom. The number of rotatable bonds is 2. The molecule has 58 valence electrons. The molecule has 1 rings (SSSR count). The molecule has 3 nitrogen and oxygen atoms in total. The molecule has 0 amide bonds. The Hall–Kier alpha value is -0.410. The zero-order chi connectivity index (χ0) is 7.40. The fraction of sp³-hybridized carbons (Fsp3) is 0.857. The number of piperidine rings is 1. The van der Waals surface area contributed by atoms with Crippen LogP contribution in [0.2, 0.25) is 0 Å². The molecule has 0 radical (unpaired) electrons. The van der Waals surface area contributed by atoms with Gasteiger partial charge in [-0.05, 0) is 6.42 Å². The van der Waals surface area contributed by atoms with Gasteiger partial charge in [-0.2, -0.15) is 0 Å². The Labute approximate surface area is 60.4 Å². The molecule has 0 aliphatic carbocycles. The molecule has 10 heavy (non-hydrogen) atoms. The molecule has 1 aliphatic heterocycles. The van der Waals surface area contributed by atoms with Gasteiger partial charge < -0.3 is 10.4 Å². The largest absolute Gasteiger partial charge is 0.396 e. The fourth-order valence-electron chi connectivity index (χ4n) is 1.22. The van der Waals surface area contributed by atoms with Gasteiger partial charge in [0, 0.05) is 32.0 Å². The van der Waals surface area contributed by atoms with Crippen molar-refractivity contribution in [2.45, 2.75) is 25.3 Å². The van der Waals surface area contributed by atoms with Gasteiger partial charge in [0.25, 0.3) is 0 Å². The molecule has 0 aromatic rings. The van der Waals surface area contributed by atoms with E-state index in [2.05, 4.69) is 5.32 Å². The van der Waals surface area contributed by atoms with Crippen LogP contribution in [0.5, 0.6) is 0 Å². The highest BCUT2D eigenvalue weighted by Gasteiger charge is 2.17. The minimum atomic E-state index is 0.172. The van der Waals surface area contributed by atoms with E-state index in [0.717, 1.165) is 6.54 Å². The first kappa shape index (κ1) is 7.69. The van der Waals surface area contributed by atoms with E-state index < -0.39 is 0 Å². The minimum absolute atomic E-state index is 0.172. The molecule has 2 N–H and O–H groups in total. The van der Waals surface area contributed by atoms with E-state index in [-0.39, 0.29) is 12.6 Å². The Morgan fingerprint density at radius 3 is 3.10 bits per heavy atom. The maximum atomic E-state index is 10.8. The van der Waals surface area contributed by atoms with Gasteiger partial charge in [-0.3, -0.25) is 4.79 Å². The number of carbonyl (C=O) groups excluding carboxylic acids is 1. The molecule has 1 saturated heterocycles. The normalized spacial score (nSPS) is 26.9. The van der Waals surface area contributed by atoms with E-state index in [1.165, 1.54) is 0 Å². The van der Waals surface area contributed by atoms with Crippen LogP contribution in [0.15, 0.2) is 0 Å². The molecule has 1 fully saturated rings. The highest BCUT2D eigenvalue weighted by atomic mass is 16.3. The third-order valence-electron chi connectivity index (χ3n) is 1.79. The third-order valence-corrected chi connectivity index (χ3v) is 1.79. The van der Waals surface area contributed by atoms with Gasteiger partial charge in [0.05, 0.1) is 0 Å². The summed E-state index contributed by atoms with van der Waals surface area (Å²) in [6.07, 6.45) is 1.95. The Bertz CT molecular complexity index is 123. The molecule has 0 bridgehead atoms. The number of hydrogen-bond acceptors (Lipinski definition) is 3. The van der Waals surface area contributed by atoms with Crippen LogP contribution in [0.1, 0.15) is 19.3 Å². The molecule has 0 aromatic heterocycles. The SMILES string of the molecule is O=C1CCNC(CCO)C1. The Kier molecular flexibility index (Phi) is 2.83. The smallest absolute Gasteiger partial charge is 0.135 e. The van der Waals surface area contributed by atoms with Crippen molar-refractivity contribution >= 4 is 5.78 Å². The number of ketones is 1. The van der Waals surface area contributed by atoms with Crippen LogP contribution < -0.4 is 5.32 Å². The van der Waals surface area contributed by atoms with Crippen LogP contribution >= 0.6 is 0 Å². The van der Waals surface area contributed by atoms with Crippen molar-refractivity contribution in [3.8, 4) is 0 Å². The van der Waals surface area contributed by atoms with Crippen LogP contribution in [-0.4, -0.2) is 30.1 Å². The quantitative estimate of drug-likeness (QED) is 0.557. The first-order valence-corrected chi connectivity index (χ1v) is 3.69. The van der Waals surface area contributed by atoms with Gasteiger partial charge in [0.15, 0.2) is 0 Å². The van der Waals surface area contributed by atoms with Gasteiger partial charge in [-0.15, -0.1) is 0 Å². The molecule has 1 heterocycles. The molecule has 1 unspecified atom stereocenters. The van der Waals surface area contributed by atoms with Gasteiger partial charge in [0.2, 0.25) is 0 Å². The zero-order valence-corrected chi connectivity index (χ0v) is 5.97. The summed E-state index contributed by atoms with van der Waals surface area (Å²) in [6, 6.07) is 0.228. The standard InChI is InChI=1S/C7H13NO2/c9-4-2-6-5-7(10)1-3-8-6/h6,8-9H,1-5H2. The predicted molar refractivity (Wildman–Crippen MR) is 37.7 cm³/mol. The van der Waals surface area contributed by atoms with Crippen molar-refractivity contribution in [3.63, 3.8) is 0 Å². The van der Waals surface area contributed by atoms with Gasteiger partial charge in [-0.1, -0.05) is 0 Å². The minimum Gasteiger partial charge on any atom is -0.396 e. The summed E-state index contributed by atoms with van der Waals surface area (Å²) >= 11 is 0. The maximum Gasteiger partial charge on any atom is 0.135 e. The molecule has 1 aliphatic rings. The summed E-state index contributed by atoms with van der Waals surface area (Å²) < 4.78 is 0.